The third-order valence-corrected chi connectivity index (χ3v) is 4.84. The average molecular weight is 298 g/mol. The van der Waals surface area contributed by atoms with Crippen LogP contribution in [0.1, 0.15) is 38.4 Å². The highest BCUT2D eigenvalue weighted by molar-refractivity contribution is 7.98. The summed E-state index contributed by atoms with van der Waals surface area (Å²) in [6.45, 7) is 3.82. The number of carbonyl (C=O) groups is 1. The van der Waals surface area contributed by atoms with Gasteiger partial charge in [0.05, 0.1) is 12.4 Å². The first kappa shape index (κ1) is 14.1. The van der Waals surface area contributed by atoms with E-state index in [9.17, 15) is 4.79 Å². The van der Waals surface area contributed by atoms with Crippen molar-refractivity contribution in [2.24, 2.45) is 0 Å². The monoisotopic (exact) mass is 298 g/mol. The molecule has 0 fully saturated rings. The Hall–Kier alpha value is -1.34. The fraction of sp³-hybridized carbons (Fsp3) is 0.417. The third-order valence-electron chi connectivity index (χ3n) is 2.41. The number of hydrogen-bond acceptors (Lipinski definition) is 7. The molecule has 0 spiro atoms. The van der Waals surface area contributed by atoms with Crippen LogP contribution in [0.2, 0.25) is 0 Å². The molecule has 2 heterocycles. The summed E-state index contributed by atoms with van der Waals surface area (Å²) in [6, 6.07) is 3.73. The van der Waals surface area contributed by atoms with Gasteiger partial charge in [-0.2, -0.15) is 4.98 Å². The number of aromatic nitrogens is 2. The molecule has 1 atom stereocenters. The number of thiophene rings is 1. The SMILES string of the molecule is COC(=O)c1ccc(CSC(C)c2nc(C)no2)s1. The van der Waals surface area contributed by atoms with E-state index >= 15 is 0 Å². The number of carbonyl (C=O) groups excluding carboxylic acids is 1. The van der Waals surface area contributed by atoms with Crippen molar-refractivity contribution in [3.63, 3.8) is 0 Å². The second-order valence-electron chi connectivity index (χ2n) is 3.89. The molecule has 0 saturated heterocycles. The molecule has 0 bridgehead atoms. The Labute approximate surface area is 119 Å². The van der Waals surface area contributed by atoms with Crippen molar-refractivity contribution < 1.29 is 14.1 Å². The van der Waals surface area contributed by atoms with Gasteiger partial charge in [0.25, 0.3) is 0 Å². The van der Waals surface area contributed by atoms with Crippen LogP contribution in [0.5, 0.6) is 0 Å². The Bertz CT molecular complexity index is 565. The number of aryl methyl sites for hydroxylation is 1. The van der Waals surface area contributed by atoms with Gasteiger partial charge >= 0.3 is 5.97 Å². The van der Waals surface area contributed by atoms with Crippen LogP contribution in [0.15, 0.2) is 16.7 Å². The molecule has 0 aliphatic rings. The standard InChI is InChI=1S/C12H14N2O3S2/c1-7(11-13-8(2)14-17-11)18-6-9-4-5-10(19-9)12(15)16-3/h4-5,7H,6H2,1-3H3. The van der Waals surface area contributed by atoms with Gasteiger partial charge in [0.2, 0.25) is 5.89 Å². The number of rotatable bonds is 5. The molecular weight excluding hydrogens is 284 g/mol. The van der Waals surface area contributed by atoms with Crippen LogP contribution in [-0.4, -0.2) is 23.2 Å². The van der Waals surface area contributed by atoms with Crippen LogP contribution < -0.4 is 0 Å². The molecule has 2 aromatic heterocycles. The summed E-state index contributed by atoms with van der Waals surface area (Å²) in [6.07, 6.45) is 0. The van der Waals surface area contributed by atoms with Gasteiger partial charge in [0, 0.05) is 10.6 Å². The van der Waals surface area contributed by atoms with Crippen molar-refractivity contribution >= 4 is 29.1 Å². The van der Waals surface area contributed by atoms with Gasteiger partial charge in [-0.15, -0.1) is 23.1 Å². The van der Waals surface area contributed by atoms with Crippen molar-refractivity contribution in [2.45, 2.75) is 24.9 Å². The van der Waals surface area contributed by atoms with Crippen molar-refractivity contribution in [2.75, 3.05) is 7.11 Å². The number of methoxy groups -OCH3 is 1. The van der Waals surface area contributed by atoms with E-state index in [1.54, 1.807) is 24.8 Å². The van der Waals surface area contributed by atoms with Crippen LogP contribution in [0.25, 0.3) is 0 Å². The molecule has 19 heavy (non-hydrogen) atoms. The zero-order valence-electron chi connectivity index (χ0n) is 10.9. The summed E-state index contributed by atoms with van der Waals surface area (Å²) >= 11 is 3.14. The van der Waals surface area contributed by atoms with E-state index in [2.05, 4.69) is 14.9 Å². The Morgan fingerprint density at radius 3 is 3.00 bits per heavy atom. The number of hydrogen-bond donors (Lipinski definition) is 0. The number of esters is 1. The van der Waals surface area contributed by atoms with Gasteiger partial charge in [-0.3, -0.25) is 0 Å². The second kappa shape index (κ2) is 6.21. The Kier molecular flexibility index (Phi) is 4.60. The molecule has 5 nitrogen and oxygen atoms in total. The lowest BCUT2D eigenvalue weighted by atomic mass is 10.4. The minimum Gasteiger partial charge on any atom is -0.465 e. The number of thioether (sulfide) groups is 1. The number of nitrogens with zero attached hydrogens (tertiary/aromatic N) is 2. The molecule has 0 saturated carbocycles. The number of ether oxygens (including phenoxy) is 1. The van der Waals surface area contributed by atoms with Gasteiger partial charge in [0.15, 0.2) is 5.82 Å². The van der Waals surface area contributed by atoms with Crippen LogP contribution >= 0.6 is 23.1 Å². The fourth-order valence-corrected chi connectivity index (χ4v) is 3.33. The molecule has 102 valence electrons. The fourth-order valence-electron chi connectivity index (χ4n) is 1.42. The van der Waals surface area contributed by atoms with E-state index in [1.807, 2.05) is 13.0 Å². The molecule has 0 N–H and O–H groups in total. The topological polar surface area (TPSA) is 65.2 Å². The maximum atomic E-state index is 11.3. The van der Waals surface area contributed by atoms with Gasteiger partial charge in [-0.1, -0.05) is 5.16 Å². The highest BCUT2D eigenvalue weighted by Gasteiger charge is 2.15. The van der Waals surface area contributed by atoms with E-state index in [0.29, 0.717) is 16.6 Å². The summed E-state index contributed by atoms with van der Waals surface area (Å²) in [5.41, 5.74) is 0. The van der Waals surface area contributed by atoms with Crippen LogP contribution in [-0.2, 0) is 10.5 Å². The zero-order valence-corrected chi connectivity index (χ0v) is 12.5. The third kappa shape index (κ3) is 3.57. The van der Waals surface area contributed by atoms with Gasteiger partial charge in [-0.05, 0) is 26.0 Å². The molecule has 7 heteroatoms. The first-order chi connectivity index (χ1) is 9.10. The lowest BCUT2D eigenvalue weighted by Gasteiger charge is -2.04. The van der Waals surface area contributed by atoms with Crippen molar-refractivity contribution in [3.05, 3.63) is 33.6 Å². The quantitative estimate of drug-likeness (QED) is 0.790. The molecule has 0 amide bonds. The molecule has 0 radical (unpaired) electrons. The van der Waals surface area contributed by atoms with Crippen molar-refractivity contribution in [3.8, 4) is 0 Å². The summed E-state index contributed by atoms with van der Waals surface area (Å²) in [7, 11) is 1.39. The summed E-state index contributed by atoms with van der Waals surface area (Å²) in [5, 5.41) is 3.90. The predicted molar refractivity (Wildman–Crippen MR) is 74.4 cm³/mol. The van der Waals surface area contributed by atoms with E-state index in [4.69, 9.17) is 4.52 Å². The largest absolute Gasteiger partial charge is 0.465 e. The molecule has 0 aromatic carbocycles. The maximum absolute atomic E-state index is 11.3. The Balaban J connectivity index is 1.91. The van der Waals surface area contributed by atoms with Gasteiger partial charge in [0.1, 0.15) is 4.88 Å². The second-order valence-corrected chi connectivity index (χ2v) is 6.39. The normalized spacial score (nSPS) is 12.4. The predicted octanol–water partition coefficient (Wildman–Crippen LogP) is 3.22. The molecule has 1 unspecified atom stereocenters. The molecular formula is C12H14N2O3S2. The lowest BCUT2D eigenvalue weighted by Crippen LogP contribution is -1.96. The van der Waals surface area contributed by atoms with E-state index in [-0.39, 0.29) is 11.2 Å². The highest BCUT2D eigenvalue weighted by Crippen LogP contribution is 2.32. The summed E-state index contributed by atoms with van der Waals surface area (Å²) in [5.74, 6) is 1.78. The highest BCUT2D eigenvalue weighted by atomic mass is 32.2. The summed E-state index contributed by atoms with van der Waals surface area (Å²) in [4.78, 5) is 17.3. The van der Waals surface area contributed by atoms with E-state index < -0.39 is 0 Å². The van der Waals surface area contributed by atoms with Gasteiger partial charge < -0.3 is 9.26 Å². The Morgan fingerprint density at radius 2 is 2.37 bits per heavy atom. The molecule has 0 aliphatic heterocycles. The first-order valence-corrected chi connectivity index (χ1v) is 7.55. The van der Waals surface area contributed by atoms with Crippen LogP contribution in [0.3, 0.4) is 0 Å². The molecule has 2 rings (SSSR count). The van der Waals surface area contributed by atoms with Crippen molar-refractivity contribution in [1.82, 2.24) is 10.1 Å². The first-order valence-electron chi connectivity index (χ1n) is 5.69. The van der Waals surface area contributed by atoms with Crippen LogP contribution in [0, 0.1) is 6.92 Å². The molecule has 2 aromatic rings. The average Bonchev–Trinajstić information content (AvgIpc) is 3.04. The summed E-state index contributed by atoms with van der Waals surface area (Å²) < 4.78 is 9.80. The van der Waals surface area contributed by atoms with Gasteiger partial charge in [-0.25, -0.2) is 4.79 Å². The maximum Gasteiger partial charge on any atom is 0.348 e. The van der Waals surface area contributed by atoms with E-state index in [0.717, 1.165) is 10.6 Å². The minimum atomic E-state index is -0.290. The van der Waals surface area contributed by atoms with E-state index in [1.165, 1.54) is 18.4 Å². The van der Waals surface area contributed by atoms with Crippen molar-refractivity contribution in [1.29, 1.82) is 0 Å². The van der Waals surface area contributed by atoms with Crippen LogP contribution in [0.4, 0.5) is 0 Å². The smallest absolute Gasteiger partial charge is 0.348 e. The Morgan fingerprint density at radius 1 is 1.58 bits per heavy atom. The minimum absolute atomic E-state index is 0.130. The lowest BCUT2D eigenvalue weighted by molar-refractivity contribution is 0.0606. The molecule has 0 aliphatic carbocycles. The zero-order chi connectivity index (χ0) is 13.8.